The molecule has 1 N–H and O–H groups in total. The number of halogens is 4. The first-order valence-corrected chi connectivity index (χ1v) is 9.32. The van der Waals surface area contributed by atoms with Gasteiger partial charge in [0, 0.05) is 5.39 Å². The van der Waals surface area contributed by atoms with Crippen LogP contribution in [0.15, 0.2) is 59.4 Å². The van der Waals surface area contributed by atoms with Gasteiger partial charge in [0.15, 0.2) is 5.82 Å². The average Bonchev–Trinajstić information content (AvgIpc) is 3.31. The van der Waals surface area contributed by atoms with Crippen molar-refractivity contribution in [2.75, 3.05) is 5.32 Å². The minimum atomic E-state index is -4.54. The van der Waals surface area contributed by atoms with E-state index in [4.69, 9.17) is 4.42 Å². The summed E-state index contributed by atoms with van der Waals surface area (Å²) in [6, 6.07) is 9.96. The number of aromatic nitrogens is 2. The maximum atomic E-state index is 13.3. The molecule has 4 aromatic rings. The number of benzene rings is 2. The van der Waals surface area contributed by atoms with E-state index in [9.17, 15) is 22.4 Å². The Bertz CT molecular complexity index is 1240. The fraction of sp³-hybridized carbons (Fsp3) is 0.182. The van der Waals surface area contributed by atoms with E-state index in [1.807, 2.05) is 0 Å². The Hall–Kier alpha value is -3.62. The van der Waals surface area contributed by atoms with Gasteiger partial charge in [0.1, 0.15) is 12.9 Å². The Balaban J connectivity index is 1.75. The normalized spacial score (nSPS) is 11.8. The van der Waals surface area contributed by atoms with Crippen molar-refractivity contribution in [3.8, 4) is 0 Å². The third-order valence-corrected chi connectivity index (χ3v) is 4.92. The number of fused-ring (bicyclic) bond motifs is 1. The van der Waals surface area contributed by atoms with Gasteiger partial charge in [-0.2, -0.15) is 18.3 Å². The largest absolute Gasteiger partial charge is 0.471 e. The lowest BCUT2D eigenvalue weighted by Gasteiger charge is -2.08. The number of anilines is 1. The van der Waals surface area contributed by atoms with Crippen molar-refractivity contribution in [1.29, 1.82) is 0 Å². The first-order valence-electron chi connectivity index (χ1n) is 9.32. The van der Waals surface area contributed by atoms with Crippen LogP contribution in [0.4, 0.5) is 23.4 Å². The fourth-order valence-electron chi connectivity index (χ4n) is 3.24. The van der Waals surface area contributed by atoms with Crippen LogP contribution in [0.1, 0.15) is 32.6 Å². The Morgan fingerprint density at radius 1 is 1.10 bits per heavy atom. The lowest BCUT2D eigenvalue weighted by Crippen LogP contribution is -2.13. The van der Waals surface area contributed by atoms with Crippen molar-refractivity contribution in [2.24, 2.45) is 0 Å². The lowest BCUT2D eigenvalue weighted by atomic mass is 10.1. The highest BCUT2D eigenvalue weighted by Crippen LogP contribution is 2.34. The molecule has 0 bridgehead atoms. The van der Waals surface area contributed by atoms with Gasteiger partial charge >= 0.3 is 6.18 Å². The molecule has 0 spiro atoms. The summed E-state index contributed by atoms with van der Waals surface area (Å²) in [6.07, 6.45) is -1.88. The van der Waals surface area contributed by atoms with E-state index in [0.717, 1.165) is 17.7 Å². The van der Waals surface area contributed by atoms with Crippen molar-refractivity contribution >= 4 is 22.6 Å². The number of amides is 1. The maximum absolute atomic E-state index is 13.3. The molecule has 160 valence electrons. The van der Waals surface area contributed by atoms with E-state index >= 15 is 0 Å². The van der Waals surface area contributed by atoms with Gasteiger partial charge in [-0.3, -0.25) is 9.48 Å². The van der Waals surface area contributed by atoms with Crippen LogP contribution < -0.4 is 5.32 Å². The number of hydrogen-bond acceptors (Lipinski definition) is 3. The predicted molar refractivity (Wildman–Crippen MR) is 106 cm³/mol. The molecule has 0 aliphatic heterocycles. The molecule has 0 atom stereocenters. The summed E-state index contributed by atoms with van der Waals surface area (Å²) in [5.74, 6) is -0.533. The molecule has 4 rings (SSSR count). The van der Waals surface area contributed by atoms with Crippen molar-refractivity contribution < 1.29 is 26.8 Å². The second-order valence-electron chi connectivity index (χ2n) is 7.11. The van der Waals surface area contributed by atoms with Crippen LogP contribution in [0.3, 0.4) is 0 Å². The van der Waals surface area contributed by atoms with E-state index in [-0.39, 0.29) is 23.3 Å². The molecule has 0 fully saturated rings. The molecule has 2 aromatic carbocycles. The first kappa shape index (κ1) is 20.6. The van der Waals surface area contributed by atoms with Crippen molar-refractivity contribution in [2.45, 2.75) is 26.3 Å². The number of carbonyl (C=O) groups excluding carboxylic acids is 1. The summed E-state index contributed by atoms with van der Waals surface area (Å²) in [7, 11) is 0. The molecule has 0 radical (unpaired) electrons. The molecule has 2 aromatic heterocycles. The smallest absolute Gasteiger partial charge is 0.416 e. The molecule has 0 aliphatic rings. The summed E-state index contributed by atoms with van der Waals surface area (Å²) in [5.41, 5.74) is 1.72. The molecule has 1 amide bonds. The number of rotatable bonds is 5. The van der Waals surface area contributed by atoms with Crippen molar-refractivity contribution in [1.82, 2.24) is 9.78 Å². The molecular weight excluding hydrogens is 414 g/mol. The Kier molecular flexibility index (Phi) is 5.26. The van der Waals surface area contributed by atoms with E-state index in [1.54, 1.807) is 31.2 Å². The van der Waals surface area contributed by atoms with Gasteiger partial charge in [0.2, 0.25) is 0 Å². The van der Waals surface area contributed by atoms with Gasteiger partial charge in [0.25, 0.3) is 5.91 Å². The van der Waals surface area contributed by atoms with Crippen LogP contribution in [-0.2, 0) is 19.4 Å². The molecule has 0 unspecified atom stereocenters. The zero-order chi connectivity index (χ0) is 22.2. The van der Waals surface area contributed by atoms with Crippen LogP contribution in [0.25, 0.3) is 10.9 Å². The van der Waals surface area contributed by atoms with Gasteiger partial charge in [-0.05, 0) is 41.8 Å². The summed E-state index contributed by atoms with van der Waals surface area (Å²) in [4.78, 5) is 12.6. The zero-order valence-electron chi connectivity index (χ0n) is 16.3. The topological polar surface area (TPSA) is 60.1 Å². The van der Waals surface area contributed by atoms with E-state index in [2.05, 4.69) is 10.4 Å². The second kappa shape index (κ2) is 7.90. The minimum Gasteiger partial charge on any atom is -0.471 e. The summed E-state index contributed by atoms with van der Waals surface area (Å²) in [6.45, 7) is 1.32. The van der Waals surface area contributed by atoms with Crippen molar-refractivity contribution in [3.05, 3.63) is 82.8 Å². The number of nitrogens with one attached hydrogen (secondary N) is 1. The molecule has 31 heavy (non-hydrogen) atoms. The molecule has 2 heterocycles. The molecule has 5 nitrogen and oxygen atoms in total. The minimum absolute atomic E-state index is 0.00655. The standard InChI is InChI=1S/C22H17F4N3O2/c1-13-11-31-12-18(13)21(30)27-20-17-8-16(22(24,25)26)6-7-19(17)29(28-20)10-15-4-2-14(9-23)3-5-15/h2-8,11-12H,9-10H2,1H3,(H,27,28,30). The molecule has 0 aliphatic carbocycles. The predicted octanol–water partition coefficient (Wildman–Crippen LogP) is 5.73. The van der Waals surface area contributed by atoms with Gasteiger partial charge < -0.3 is 9.73 Å². The van der Waals surface area contributed by atoms with E-state index < -0.39 is 24.3 Å². The maximum Gasteiger partial charge on any atom is 0.416 e. The van der Waals surface area contributed by atoms with Crippen LogP contribution in [-0.4, -0.2) is 15.7 Å². The van der Waals surface area contributed by atoms with E-state index in [0.29, 0.717) is 16.6 Å². The highest BCUT2D eigenvalue weighted by molar-refractivity contribution is 6.08. The Morgan fingerprint density at radius 2 is 1.81 bits per heavy atom. The molecule has 9 heteroatoms. The highest BCUT2D eigenvalue weighted by Gasteiger charge is 2.31. The molecule has 0 saturated heterocycles. The summed E-state index contributed by atoms with van der Waals surface area (Å²) < 4.78 is 59.0. The average molecular weight is 431 g/mol. The van der Waals surface area contributed by atoms with Crippen LogP contribution in [0.2, 0.25) is 0 Å². The van der Waals surface area contributed by atoms with Crippen LogP contribution in [0.5, 0.6) is 0 Å². The quantitative estimate of drug-likeness (QED) is 0.411. The molecule has 0 saturated carbocycles. The van der Waals surface area contributed by atoms with Crippen molar-refractivity contribution in [3.63, 3.8) is 0 Å². The lowest BCUT2D eigenvalue weighted by molar-refractivity contribution is -0.137. The number of hydrogen-bond donors (Lipinski definition) is 1. The summed E-state index contributed by atoms with van der Waals surface area (Å²) in [5, 5.41) is 7.08. The van der Waals surface area contributed by atoms with Gasteiger partial charge in [-0.15, -0.1) is 0 Å². The zero-order valence-corrected chi connectivity index (χ0v) is 16.3. The van der Waals surface area contributed by atoms with Gasteiger partial charge in [0.05, 0.1) is 29.5 Å². The summed E-state index contributed by atoms with van der Waals surface area (Å²) >= 11 is 0. The first-order chi connectivity index (χ1) is 14.8. The Labute approximate surface area is 174 Å². The molecular formula is C22H17F4N3O2. The van der Waals surface area contributed by atoms with Crippen LogP contribution >= 0.6 is 0 Å². The third kappa shape index (κ3) is 4.16. The monoisotopic (exact) mass is 431 g/mol. The third-order valence-electron chi connectivity index (χ3n) is 4.92. The van der Waals surface area contributed by atoms with Crippen LogP contribution in [0, 0.1) is 6.92 Å². The number of carbonyl (C=O) groups is 1. The number of nitrogens with zero attached hydrogens (tertiary/aromatic N) is 2. The van der Waals surface area contributed by atoms with Gasteiger partial charge in [-0.1, -0.05) is 24.3 Å². The Morgan fingerprint density at radius 3 is 2.42 bits per heavy atom. The van der Waals surface area contributed by atoms with Gasteiger partial charge in [-0.25, -0.2) is 4.39 Å². The number of alkyl halides is 4. The SMILES string of the molecule is Cc1cocc1C(=O)Nc1nn(Cc2ccc(CF)cc2)c2ccc(C(F)(F)F)cc12. The van der Waals surface area contributed by atoms with E-state index in [1.165, 1.54) is 23.3 Å². The number of furan rings is 1. The highest BCUT2D eigenvalue weighted by atomic mass is 19.4. The fourth-order valence-corrected chi connectivity index (χ4v) is 3.24. The second-order valence-corrected chi connectivity index (χ2v) is 7.11. The number of aryl methyl sites for hydroxylation is 1.